The lowest BCUT2D eigenvalue weighted by molar-refractivity contribution is -0.146. The van der Waals surface area contributed by atoms with Gasteiger partial charge in [0, 0.05) is 43.9 Å². The molecule has 3 aromatic rings. The first-order valence-electron chi connectivity index (χ1n) is 13.3. The van der Waals surface area contributed by atoms with Gasteiger partial charge in [0.05, 0.1) is 37.3 Å². The van der Waals surface area contributed by atoms with Crippen molar-refractivity contribution >= 4 is 32.7 Å². The Bertz CT molecular complexity index is 1610. The van der Waals surface area contributed by atoms with Crippen LogP contribution >= 0.6 is 0 Å². The molecule has 4 rings (SSSR count). The van der Waals surface area contributed by atoms with Gasteiger partial charge < -0.3 is 24.6 Å². The van der Waals surface area contributed by atoms with Crippen LogP contribution in [0.25, 0.3) is 10.9 Å². The molecule has 11 nitrogen and oxygen atoms in total. The van der Waals surface area contributed by atoms with Crippen molar-refractivity contribution in [2.45, 2.75) is 30.4 Å². The molecule has 0 bridgehead atoms. The fraction of sp³-hybridized carbons (Fsp3) is 0.333. The molecule has 2 N–H and O–H groups in total. The summed E-state index contributed by atoms with van der Waals surface area (Å²) < 4.78 is 46.1. The second-order valence-corrected chi connectivity index (χ2v) is 11.4. The number of methoxy groups -OCH3 is 1. The second-order valence-electron chi connectivity index (χ2n) is 9.47. The van der Waals surface area contributed by atoms with Crippen molar-refractivity contribution in [2.24, 2.45) is 0 Å². The van der Waals surface area contributed by atoms with E-state index in [1.54, 1.807) is 29.0 Å². The molecule has 2 heterocycles. The second kappa shape index (κ2) is 13.7. The zero-order valence-electron chi connectivity index (χ0n) is 23.4. The average molecular weight is 596 g/mol. The third-order valence-electron chi connectivity index (χ3n) is 6.80. The van der Waals surface area contributed by atoms with Gasteiger partial charge in [0.1, 0.15) is 5.75 Å². The summed E-state index contributed by atoms with van der Waals surface area (Å²) in [5.41, 5.74) is 1.54. The largest absolute Gasteiger partial charge is 0.497 e. The number of aliphatic hydroxyl groups is 1. The summed E-state index contributed by atoms with van der Waals surface area (Å²) in [6.45, 7) is 0.778. The number of hydrogen-bond donors (Lipinski definition) is 2. The van der Waals surface area contributed by atoms with E-state index < -0.39 is 22.2 Å². The Balaban J connectivity index is 1.55. The number of nitrogens with one attached hydrogen (secondary N) is 1. The molecule has 0 fully saturated rings. The summed E-state index contributed by atoms with van der Waals surface area (Å²) in [7, 11) is -2.46. The maximum absolute atomic E-state index is 13.2. The molecule has 1 amide bonds. The minimum atomic E-state index is -3.94. The van der Waals surface area contributed by atoms with Crippen molar-refractivity contribution in [3.63, 3.8) is 0 Å². The molecule has 2 aromatic carbocycles. The van der Waals surface area contributed by atoms with Gasteiger partial charge in [-0.15, -0.1) is 6.42 Å². The zero-order chi connectivity index (χ0) is 30.3. The monoisotopic (exact) mass is 595 g/mol. The predicted octanol–water partition coefficient (Wildman–Crippen LogP) is 2.47. The number of ether oxygens (including phenoxy) is 3. The zero-order valence-corrected chi connectivity index (χ0v) is 24.2. The van der Waals surface area contributed by atoms with Crippen LogP contribution in [-0.4, -0.2) is 80.5 Å². The van der Waals surface area contributed by atoms with Gasteiger partial charge in [-0.3, -0.25) is 14.2 Å². The van der Waals surface area contributed by atoms with Crippen LogP contribution in [0.2, 0.25) is 0 Å². The number of rotatable bonds is 12. The number of carbonyl (C=O) groups excluding carboxylic acids is 2. The molecule has 1 aromatic heterocycles. The maximum atomic E-state index is 13.2. The summed E-state index contributed by atoms with van der Waals surface area (Å²) in [5, 5.41) is 13.0. The van der Waals surface area contributed by atoms with E-state index in [0.29, 0.717) is 12.2 Å². The van der Waals surface area contributed by atoms with Crippen LogP contribution in [0.4, 0.5) is 0 Å². The Labute approximate surface area is 244 Å². The Morgan fingerprint density at radius 2 is 1.93 bits per heavy atom. The number of aliphatic hydroxyl groups excluding tert-OH is 1. The van der Waals surface area contributed by atoms with Gasteiger partial charge in [-0.1, -0.05) is 24.1 Å². The summed E-state index contributed by atoms with van der Waals surface area (Å²) >= 11 is 0. The van der Waals surface area contributed by atoms with E-state index in [0.717, 1.165) is 20.8 Å². The first-order chi connectivity index (χ1) is 20.2. The molecule has 12 heteroatoms. The van der Waals surface area contributed by atoms with Crippen LogP contribution < -0.4 is 10.1 Å². The average Bonchev–Trinajstić information content (AvgIpc) is 3.39. The molecule has 42 heavy (non-hydrogen) atoms. The summed E-state index contributed by atoms with van der Waals surface area (Å²) in [6.07, 6.45) is 8.10. The predicted molar refractivity (Wildman–Crippen MR) is 155 cm³/mol. The lowest BCUT2D eigenvalue weighted by atomic mass is 9.92. The van der Waals surface area contributed by atoms with E-state index in [2.05, 4.69) is 11.2 Å². The van der Waals surface area contributed by atoms with Crippen LogP contribution in [0, 0.1) is 12.3 Å². The van der Waals surface area contributed by atoms with Crippen molar-refractivity contribution in [2.75, 3.05) is 40.0 Å². The van der Waals surface area contributed by atoms with Crippen LogP contribution in [-0.2, 0) is 24.3 Å². The number of para-hydroxylation sites is 1. The topological polar surface area (TPSA) is 136 Å². The highest BCUT2D eigenvalue weighted by Gasteiger charge is 2.31. The molecule has 222 valence electrons. The van der Waals surface area contributed by atoms with Gasteiger partial charge in [0.25, 0.3) is 5.91 Å². The van der Waals surface area contributed by atoms with Crippen molar-refractivity contribution in [1.29, 1.82) is 0 Å². The molecular weight excluding hydrogens is 562 g/mol. The fourth-order valence-corrected chi connectivity index (χ4v) is 6.18. The number of terminal acetylenes is 1. The number of amides is 1. The molecule has 0 unspecified atom stereocenters. The van der Waals surface area contributed by atoms with Gasteiger partial charge in [0.2, 0.25) is 22.2 Å². The number of fused-ring (bicyclic) bond motifs is 1. The number of hydrogen-bond acceptors (Lipinski definition) is 8. The molecule has 0 saturated carbocycles. The van der Waals surface area contributed by atoms with E-state index in [-0.39, 0.29) is 55.3 Å². The third kappa shape index (κ3) is 6.83. The Morgan fingerprint density at radius 1 is 1.19 bits per heavy atom. The standard InChI is InChI=1S/C30H33N3O8S/c1-4-13-31-30(36)28-18-22(26-20-33(21(2)35)27-8-6-5-7-25(26)27)19-29(41-28)40-17-15-32(14-16-34)42(37,38)24-11-9-23(39-3)10-12-24/h1,5-12,18,20,22,29,34H,13-17,19H2,2-3H3,(H,31,36)/t22-,29+/m0/s1. The molecule has 0 spiro atoms. The highest BCUT2D eigenvalue weighted by atomic mass is 32.2. The van der Waals surface area contributed by atoms with Crippen LogP contribution in [0.5, 0.6) is 5.75 Å². The molecule has 0 aliphatic carbocycles. The minimum Gasteiger partial charge on any atom is -0.497 e. The number of allylic oxidation sites excluding steroid dienone is 1. The number of benzene rings is 2. The first kappa shape index (κ1) is 30.8. The van der Waals surface area contributed by atoms with E-state index in [4.69, 9.17) is 20.6 Å². The lowest BCUT2D eigenvalue weighted by Crippen LogP contribution is -2.38. The number of aromatic nitrogens is 1. The Kier molecular flexibility index (Phi) is 10.0. The van der Waals surface area contributed by atoms with Crippen molar-refractivity contribution in [1.82, 2.24) is 14.2 Å². The van der Waals surface area contributed by atoms with Gasteiger partial charge >= 0.3 is 0 Å². The van der Waals surface area contributed by atoms with Crippen LogP contribution in [0.3, 0.4) is 0 Å². The number of nitrogens with zero attached hydrogens (tertiary/aromatic N) is 2. The minimum absolute atomic E-state index is 0.00128. The van der Waals surface area contributed by atoms with Crippen LogP contribution in [0.15, 0.2) is 71.5 Å². The highest BCUT2D eigenvalue weighted by molar-refractivity contribution is 7.89. The number of carbonyl (C=O) groups is 2. The SMILES string of the molecule is C#CCNC(=O)C1=C[C@H](c2cn(C(C)=O)c3ccccc23)C[C@H](OCCN(CCO)S(=O)(=O)c2ccc(OC)cc2)O1. The summed E-state index contributed by atoms with van der Waals surface area (Å²) in [5.74, 6) is 1.82. The first-order valence-corrected chi connectivity index (χ1v) is 14.7. The maximum Gasteiger partial charge on any atom is 0.286 e. The lowest BCUT2D eigenvalue weighted by Gasteiger charge is -2.30. The third-order valence-corrected chi connectivity index (χ3v) is 8.72. The Hall–Kier alpha value is -4.15. The van der Waals surface area contributed by atoms with Gasteiger partial charge in [-0.2, -0.15) is 4.31 Å². The van der Waals surface area contributed by atoms with Crippen LogP contribution in [0.1, 0.15) is 29.6 Å². The molecule has 2 atom stereocenters. The Morgan fingerprint density at radius 3 is 2.60 bits per heavy atom. The molecule has 0 radical (unpaired) electrons. The van der Waals surface area contributed by atoms with Crippen molar-refractivity contribution in [3.05, 3.63) is 72.1 Å². The van der Waals surface area contributed by atoms with Crippen molar-refractivity contribution < 1.29 is 37.3 Å². The van der Waals surface area contributed by atoms with E-state index >= 15 is 0 Å². The van der Waals surface area contributed by atoms with Gasteiger partial charge in [-0.25, -0.2) is 8.42 Å². The van der Waals surface area contributed by atoms with Gasteiger partial charge in [0.15, 0.2) is 5.76 Å². The van der Waals surface area contributed by atoms with E-state index in [1.807, 2.05) is 24.3 Å². The number of sulfonamides is 1. The fourth-order valence-electron chi connectivity index (χ4n) is 4.76. The van der Waals surface area contributed by atoms with Crippen molar-refractivity contribution in [3.8, 4) is 18.1 Å². The quantitative estimate of drug-likeness (QED) is 0.305. The van der Waals surface area contributed by atoms with E-state index in [9.17, 15) is 23.1 Å². The van der Waals surface area contributed by atoms with E-state index in [1.165, 1.54) is 26.2 Å². The highest BCUT2D eigenvalue weighted by Crippen LogP contribution is 2.36. The molecule has 0 saturated heterocycles. The summed E-state index contributed by atoms with van der Waals surface area (Å²) in [6, 6.07) is 13.4. The normalized spacial score (nSPS) is 16.9. The smallest absolute Gasteiger partial charge is 0.286 e. The molecule has 1 aliphatic rings. The molecular formula is C30H33N3O8S. The van der Waals surface area contributed by atoms with Gasteiger partial charge in [-0.05, 0) is 42.0 Å². The molecule has 1 aliphatic heterocycles. The summed E-state index contributed by atoms with van der Waals surface area (Å²) in [4.78, 5) is 25.2.